The summed E-state index contributed by atoms with van der Waals surface area (Å²) in [6, 6.07) is 12.2. The van der Waals surface area contributed by atoms with Gasteiger partial charge in [-0.3, -0.25) is 4.79 Å². The topological polar surface area (TPSA) is 47.6 Å². The lowest BCUT2D eigenvalue weighted by atomic mass is 10.2. The molecular weight excluding hydrogens is 337 g/mol. The highest BCUT2D eigenvalue weighted by molar-refractivity contribution is 6.39. The number of nitrogens with one attached hydrogen (secondary N) is 1. The molecule has 2 aromatic carbocycles. The number of para-hydroxylation sites is 3. The first kappa shape index (κ1) is 17.4. The second-order valence-electron chi connectivity index (χ2n) is 4.75. The molecule has 23 heavy (non-hydrogen) atoms. The van der Waals surface area contributed by atoms with Gasteiger partial charge in [0.25, 0.3) is 5.91 Å². The molecule has 0 saturated heterocycles. The molecule has 0 radical (unpaired) electrons. The third kappa shape index (κ3) is 4.30. The van der Waals surface area contributed by atoms with Crippen LogP contribution in [0.3, 0.4) is 0 Å². The smallest absolute Gasteiger partial charge is 0.265 e. The van der Waals surface area contributed by atoms with E-state index < -0.39 is 6.10 Å². The van der Waals surface area contributed by atoms with Gasteiger partial charge in [-0.05, 0) is 30.7 Å². The average molecular weight is 354 g/mol. The zero-order chi connectivity index (χ0) is 16.8. The molecule has 0 aliphatic carbocycles. The van der Waals surface area contributed by atoms with Crippen LogP contribution in [-0.4, -0.2) is 19.1 Å². The molecule has 0 bridgehead atoms. The molecule has 0 unspecified atom stereocenters. The monoisotopic (exact) mass is 353 g/mol. The molecule has 1 N–H and O–H groups in total. The molecule has 0 saturated carbocycles. The second kappa shape index (κ2) is 8.09. The van der Waals surface area contributed by atoms with Crippen LogP contribution in [0.4, 0.5) is 5.69 Å². The van der Waals surface area contributed by atoms with Gasteiger partial charge in [0.15, 0.2) is 17.6 Å². The Morgan fingerprint density at radius 2 is 1.70 bits per heavy atom. The fraction of sp³-hybridized carbons (Fsp3) is 0.235. The van der Waals surface area contributed by atoms with Crippen LogP contribution in [-0.2, 0) is 4.79 Å². The number of ether oxygens (including phenoxy) is 2. The summed E-state index contributed by atoms with van der Waals surface area (Å²) in [5.74, 6) is 0.741. The summed E-state index contributed by atoms with van der Waals surface area (Å²) in [5.41, 5.74) is 0.378. The Morgan fingerprint density at radius 3 is 2.26 bits per heavy atom. The maximum atomic E-state index is 12.5. The van der Waals surface area contributed by atoms with Crippen LogP contribution in [0.5, 0.6) is 11.5 Å². The van der Waals surface area contributed by atoms with Gasteiger partial charge in [-0.25, -0.2) is 0 Å². The Bertz CT molecular complexity index is 671. The van der Waals surface area contributed by atoms with E-state index in [1.54, 1.807) is 37.4 Å². The first-order chi connectivity index (χ1) is 11.1. The second-order valence-corrected chi connectivity index (χ2v) is 5.57. The molecule has 0 aliphatic heterocycles. The lowest BCUT2D eigenvalue weighted by Crippen LogP contribution is -2.32. The van der Waals surface area contributed by atoms with Gasteiger partial charge in [0, 0.05) is 0 Å². The van der Waals surface area contributed by atoms with Crippen molar-refractivity contribution in [2.45, 2.75) is 19.4 Å². The Hall–Kier alpha value is -1.91. The molecule has 1 amide bonds. The van der Waals surface area contributed by atoms with Gasteiger partial charge in [-0.1, -0.05) is 48.3 Å². The minimum absolute atomic E-state index is 0.326. The summed E-state index contributed by atoms with van der Waals surface area (Å²) in [4.78, 5) is 12.5. The van der Waals surface area contributed by atoms with E-state index in [-0.39, 0.29) is 5.91 Å². The number of rotatable bonds is 6. The van der Waals surface area contributed by atoms with Crippen molar-refractivity contribution in [1.82, 2.24) is 0 Å². The van der Waals surface area contributed by atoms with Crippen LogP contribution in [0.1, 0.15) is 13.3 Å². The molecule has 2 rings (SSSR count). The summed E-state index contributed by atoms with van der Waals surface area (Å²) in [6.07, 6.45) is -0.218. The first-order valence-electron chi connectivity index (χ1n) is 7.11. The minimum atomic E-state index is -0.696. The maximum absolute atomic E-state index is 12.5. The van der Waals surface area contributed by atoms with Crippen LogP contribution in [0, 0.1) is 0 Å². The molecule has 0 fully saturated rings. The number of benzene rings is 2. The lowest BCUT2D eigenvalue weighted by molar-refractivity contribution is -0.122. The molecule has 122 valence electrons. The Labute approximate surface area is 145 Å². The van der Waals surface area contributed by atoms with Crippen molar-refractivity contribution in [3.8, 4) is 11.5 Å². The summed E-state index contributed by atoms with van der Waals surface area (Å²) >= 11 is 12.1. The van der Waals surface area contributed by atoms with E-state index in [9.17, 15) is 4.79 Å². The van der Waals surface area contributed by atoms with Crippen LogP contribution in [0.2, 0.25) is 10.0 Å². The SMILES string of the molecule is CC[C@@H](Oc1ccccc1OC)C(=O)Nc1c(Cl)cccc1Cl. The summed E-state index contributed by atoms with van der Waals surface area (Å²) in [5, 5.41) is 3.46. The summed E-state index contributed by atoms with van der Waals surface area (Å²) in [7, 11) is 1.55. The van der Waals surface area contributed by atoms with Crippen molar-refractivity contribution in [2.75, 3.05) is 12.4 Å². The Morgan fingerprint density at radius 1 is 1.09 bits per heavy atom. The van der Waals surface area contributed by atoms with Crippen LogP contribution in [0.15, 0.2) is 42.5 Å². The van der Waals surface area contributed by atoms with Crippen molar-refractivity contribution in [2.24, 2.45) is 0 Å². The standard InChI is InChI=1S/C17H17Cl2NO3/c1-3-13(23-15-10-5-4-9-14(15)22-2)17(21)20-16-11(18)7-6-8-12(16)19/h4-10,13H,3H2,1-2H3,(H,20,21)/t13-/m1/s1. The maximum Gasteiger partial charge on any atom is 0.265 e. The molecule has 2 aromatic rings. The molecule has 1 atom stereocenters. The number of carbonyl (C=O) groups is 1. The highest BCUT2D eigenvalue weighted by atomic mass is 35.5. The van der Waals surface area contributed by atoms with Crippen molar-refractivity contribution in [3.63, 3.8) is 0 Å². The van der Waals surface area contributed by atoms with E-state index in [1.807, 2.05) is 19.1 Å². The van der Waals surface area contributed by atoms with Crippen molar-refractivity contribution >= 4 is 34.8 Å². The van der Waals surface area contributed by atoms with E-state index in [4.69, 9.17) is 32.7 Å². The highest BCUT2D eigenvalue weighted by Crippen LogP contribution is 2.31. The molecule has 0 spiro atoms. The zero-order valence-electron chi connectivity index (χ0n) is 12.8. The largest absolute Gasteiger partial charge is 0.493 e. The van der Waals surface area contributed by atoms with Gasteiger partial charge < -0.3 is 14.8 Å². The first-order valence-corrected chi connectivity index (χ1v) is 7.87. The average Bonchev–Trinajstić information content (AvgIpc) is 2.56. The van der Waals surface area contributed by atoms with Crippen LogP contribution >= 0.6 is 23.2 Å². The van der Waals surface area contributed by atoms with Gasteiger partial charge in [-0.15, -0.1) is 0 Å². The van der Waals surface area contributed by atoms with Crippen LogP contribution in [0.25, 0.3) is 0 Å². The number of halogens is 2. The van der Waals surface area contributed by atoms with E-state index in [0.29, 0.717) is 33.7 Å². The predicted octanol–water partition coefficient (Wildman–Crippen LogP) is 4.80. The molecular formula is C17H17Cl2NO3. The number of anilines is 1. The molecule has 6 heteroatoms. The number of carbonyl (C=O) groups excluding carboxylic acids is 1. The van der Waals surface area contributed by atoms with E-state index in [2.05, 4.69) is 5.32 Å². The van der Waals surface area contributed by atoms with Gasteiger partial charge in [0.05, 0.1) is 22.8 Å². The van der Waals surface area contributed by atoms with E-state index >= 15 is 0 Å². The van der Waals surface area contributed by atoms with E-state index in [0.717, 1.165) is 0 Å². The van der Waals surface area contributed by atoms with Crippen molar-refractivity contribution in [1.29, 1.82) is 0 Å². The van der Waals surface area contributed by atoms with E-state index in [1.165, 1.54) is 0 Å². The predicted molar refractivity (Wildman–Crippen MR) is 92.8 cm³/mol. The van der Waals surface area contributed by atoms with Gasteiger partial charge in [-0.2, -0.15) is 0 Å². The number of hydrogen-bond donors (Lipinski definition) is 1. The third-order valence-electron chi connectivity index (χ3n) is 3.21. The van der Waals surface area contributed by atoms with Gasteiger partial charge in [0.1, 0.15) is 0 Å². The van der Waals surface area contributed by atoms with Crippen LogP contribution < -0.4 is 14.8 Å². The molecule has 4 nitrogen and oxygen atoms in total. The Balaban J connectivity index is 2.16. The van der Waals surface area contributed by atoms with Gasteiger partial charge in [0.2, 0.25) is 0 Å². The normalized spacial score (nSPS) is 11.7. The molecule has 0 aliphatic rings. The lowest BCUT2D eigenvalue weighted by Gasteiger charge is -2.19. The van der Waals surface area contributed by atoms with Crippen molar-refractivity contribution < 1.29 is 14.3 Å². The van der Waals surface area contributed by atoms with Gasteiger partial charge >= 0.3 is 0 Å². The minimum Gasteiger partial charge on any atom is -0.493 e. The Kier molecular flexibility index (Phi) is 6.13. The summed E-state index contributed by atoms with van der Waals surface area (Å²) in [6.45, 7) is 1.86. The fourth-order valence-corrected chi connectivity index (χ4v) is 2.50. The number of amides is 1. The zero-order valence-corrected chi connectivity index (χ0v) is 14.3. The quantitative estimate of drug-likeness (QED) is 0.811. The molecule has 0 heterocycles. The van der Waals surface area contributed by atoms with Crippen molar-refractivity contribution in [3.05, 3.63) is 52.5 Å². The number of methoxy groups -OCH3 is 1. The summed E-state index contributed by atoms with van der Waals surface area (Å²) < 4.78 is 11.0. The highest BCUT2D eigenvalue weighted by Gasteiger charge is 2.21. The fourth-order valence-electron chi connectivity index (χ4n) is 2.01. The number of hydrogen-bond acceptors (Lipinski definition) is 3. The molecule has 0 aromatic heterocycles. The third-order valence-corrected chi connectivity index (χ3v) is 3.84.